The Morgan fingerprint density at radius 2 is 1.64 bits per heavy atom. The molecule has 2 aromatic carbocycles. The predicted molar refractivity (Wildman–Crippen MR) is 171 cm³/mol. The van der Waals surface area contributed by atoms with Gasteiger partial charge in [-0.15, -0.1) is 5.10 Å². The first-order valence-corrected chi connectivity index (χ1v) is 15.4. The van der Waals surface area contributed by atoms with Crippen LogP contribution >= 0.6 is 0 Å². The van der Waals surface area contributed by atoms with E-state index >= 15 is 0 Å². The maximum absolute atomic E-state index is 13.3. The van der Waals surface area contributed by atoms with E-state index in [2.05, 4.69) is 31.0 Å². The van der Waals surface area contributed by atoms with Crippen molar-refractivity contribution in [3.8, 4) is 22.5 Å². The minimum Gasteiger partial charge on any atom is -0.394 e. The monoisotopic (exact) mass is 661 g/mol. The van der Waals surface area contributed by atoms with E-state index in [4.69, 9.17) is 19.4 Å². The Kier molecular flexibility index (Phi) is 17.9. The lowest BCUT2D eigenvalue weighted by molar-refractivity contribution is -0.150. The van der Waals surface area contributed by atoms with E-state index in [1.165, 1.54) is 24.3 Å². The molecule has 4 heterocycles. The molecule has 1 amide bonds. The molecule has 5 N–H and O–H groups in total. The normalized spacial score (nSPS) is 20.4. The van der Waals surface area contributed by atoms with Crippen LogP contribution in [-0.4, -0.2) is 103 Å². The number of hydrogen-bond donors (Lipinski definition) is 5. The van der Waals surface area contributed by atoms with Crippen molar-refractivity contribution in [1.82, 2.24) is 35.7 Å². The summed E-state index contributed by atoms with van der Waals surface area (Å²) in [5.74, 6) is -0.609. The first-order valence-electron chi connectivity index (χ1n) is 15.4. The summed E-state index contributed by atoms with van der Waals surface area (Å²) >= 11 is 0. The van der Waals surface area contributed by atoms with Gasteiger partial charge < -0.3 is 30.1 Å². The van der Waals surface area contributed by atoms with Gasteiger partial charge in [0.25, 0.3) is 0 Å². The van der Waals surface area contributed by atoms with Gasteiger partial charge in [0.1, 0.15) is 35.2 Å². The van der Waals surface area contributed by atoms with Crippen LogP contribution in [-0.2, 0) is 14.3 Å². The van der Waals surface area contributed by atoms with Crippen LogP contribution in [0.15, 0.2) is 60.9 Å². The van der Waals surface area contributed by atoms with Gasteiger partial charge in [0.2, 0.25) is 6.41 Å². The quantitative estimate of drug-likeness (QED) is 0.199. The SMILES string of the molecule is CC.CC1CC(n2cc(-c3cccc(F)c3)nn2)C(O)C(CO)O1.CNC=O.Fc1cccc(-c2cn[nH]n2)c1.OC1CCOCC1. The second kappa shape index (κ2) is 21.6. The van der Waals surface area contributed by atoms with Crippen molar-refractivity contribution in [2.24, 2.45) is 0 Å². The molecule has 258 valence electrons. The maximum atomic E-state index is 13.3. The van der Waals surface area contributed by atoms with Crippen LogP contribution < -0.4 is 5.32 Å². The molecule has 15 heteroatoms. The van der Waals surface area contributed by atoms with Crippen molar-refractivity contribution in [3.05, 3.63) is 72.6 Å². The summed E-state index contributed by atoms with van der Waals surface area (Å²) in [6.07, 6.45) is 4.34. The second-order valence-electron chi connectivity index (χ2n) is 10.2. The second-order valence-corrected chi connectivity index (χ2v) is 10.2. The van der Waals surface area contributed by atoms with Crippen LogP contribution in [0, 0.1) is 11.6 Å². The average Bonchev–Trinajstić information content (AvgIpc) is 3.82. The lowest BCUT2D eigenvalue weighted by atomic mass is 9.96. The van der Waals surface area contributed by atoms with E-state index < -0.39 is 12.2 Å². The van der Waals surface area contributed by atoms with Crippen LogP contribution in [0.1, 0.15) is 46.1 Å². The molecule has 6 rings (SSSR count). The number of carbonyl (C=O) groups excluding carboxylic acids is 1. The molecular weight excluding hydrogens is 616 g/mol. The number of rotatable bonds is 5. The molecule has 47 heavy (non-hydrogen) atoms. The summed E-state index contributed by atoms with van der Waals surface area (Å²) in [5, 5.41) is 48.7. The van der Waals surface area contributed by atoms with Gasteiger partial charge >= 0.3 is 0 Å². The van der Waals surface area contributed by atoms with Gasteiger partial charge in [0.05, 0.1) is 37.3 Å². The summed E-state index contributed by atoms with van der Waals surface area (Å²) in [7, 11) is 1.56. The molecule has 13 nitrogen and oxygen atoms in total. The fraction of sp³-hybridized carbons (Fsp3) is 0.469. The van der Waals surface area contributed by atoms with Gasteiger partial charge in [0.15, 0.2) is 0 Å². The van der Waals surface area contributed by atoms with Crippen LogP contribution in [0.3, 0.4) is 0 Å². The summed E-state index contributed by atoms with van der Waals surface area (Å²) < 4.78 is 38.0. The Labute approximate surface area is 272 Å². The molecule has 2 fully saturated rings. The van der Waals surface area contributed by atoms with Gasteiger partial charge in [-0.3, -0.25) is 4.79 Å². The minimum absolute atomic E-state index is 0.0891. The number of hydrogen-bond acceptors (Lipinski definition) is 10. The Hall–Kier alpha value is -4.15. The Balaban J connectivity index is 0.000000256. The number of benzene rings is 2. The zero-order chi connectivity index (χ0) is 34.6. The van der Waals surface area contributed by atoms with E-state index in [9.17, 15) is 19.0 Å². The summed E-state index contributed by atoms with van der Waals surface area (Å²) in [6, 6.07) is 12.0. The maximum Gasteiger partial charge on any atom is 0.206 e. The molecule has 0 spiro atoms. The van der Waals surface area contributed by atoms with Crippen molar-refractivity contribution < 1.29 is 38.4 Å². The highest BCUT2D eigenvalue weighted by atomic mass is 19.1. The number of H-pyrrole nitrogens is 1. The number of ether oxygens (including phenoxy) is 2. The first kappa shape index (κ1) is 39.0. The number of aromatic nitrogens is 6. The van der Waals surface area contributed by atoms with Crippen LogP contribution in [0.4, 0.5) is 8.78 Å². The molecule has 2 saturated heterocycles. The average molecular weight is 662 g/mol. The lowest BCUT2D eigenvalue weighted by Gasteiger charge is -2.37. The number of carbonyl (C=O) groups is 1. The molecule has 4 unspecified atom stereocenters. The van der Waals surface area contributed by atoms with Crippen LogP contribution in [0.25, 0.3) is 22.5 Å². The molecule has 2 aromatic heterocycles. The third kappa shape index (κ3) is 13.2. The fourth-order valence-electron chi connectivity index (χ4n) is 4.47. The summed E-state index contributed by atoms with van der Waals surface area (Å²) in [5.41, 5.74) is 2.53. The van der Waals surface area contributed by atoms with E-state index in [1.807, 2.05) is 20.8 Å². The van der Waals surface area contributed by atoms with E-state index in [-0.39, 0.29) is 36.5 Å². The molecule has 0 bridgehead atoms. The number of aliphatic hydroxyl groups excluding tert-OH is 3. The molecule has 4 atom stereocenters. The molecule has 2 aliphatic rings. The standard InChI is InChI=1S/C15H18FN3O3.C8H6FN3.C5H10O2.C2H5NO.C2H6/c1-9-5-13(15(21)14(8-20)22-9)19-7-12(17-18-19)10-3-2-4-11(16)6-10;9-7-3-1-2-6(4-7)8-5-10-12-11-8;6-5-1-3-7-4-2-5;1-3-2-4;1-2/h2-4,6-7,9,13-15,20-21H,5,8H2,1H3;1-5H,(H,10,11,12);5-6H,1-4H2;2H,1H3,(H,3,4);1-2H3. The minimum atomic E-state index is -0.872. The number of aromatic amines is 1. The zero-order valence-corrected chi connectivity index (χ0v) is 27.0. The smallest absolute Gasteiger partial charge is 0.206 e. The van der Waals surface area contributed by atoms with Gasteiger partial charge in [-0.2, -0.15) is 15.4 Å². The van der Waals surface area contributed by atoms with Crippen molar-refractivity contribution >= 4 is 6.41 Å². The van der Waals surface area contributed by atoms with Gasteiger partial charge in [-0.1, -0.05) is 43.3 Å². The molecular formula is C32H45F2N7O6. The number of halogens is 2. The molecule has 2 aliphatic heterocycles. The summed E-state index contributed by atoms with van der Waals surface area (Å²) in [4.78, 5) is 9.06. The third-order valence-electron chi connectivity index (χ3n) is 6.75. The van der Waals surface area contributed by atoms with Crippen molar-refractivity contribution in [2.75, 3.05) is 26.9 Å². The van der Waals surface area contributed by atoms with Gasteiger partial charge in [0, 0.05) is 31.4 Å². The van der Waals surface area contributed by atoms with Crippen LogP contribution in [0.5, 0.6) is 0 Å². The molecule has 0 radical (unpaired) electrons. The number of amides is 1. The Morgan fingerprint density at radius 3 is 2.11 bits per heavy atom. The fourth-order valence-corrected chi connectivity index (χ4v) is 4.47. The van der Waals surface area contributed by atoms with Crippen LogP contribution in [0.2, 0.25) is 0 Å². The van der Waals surface area contributed by atoms with Crippen molar-refractivity contribution in [2.45, 2.75) is 70.5 Å². The summed E-state index contributed by atoms with van der Waals surface area (Å²) in [6.45, 7) is 7.10. The highest BCUT2D eigenvalue weighted by molar-refractivity contribution is 5.58. The Bertz CT molecular complexity index is 1410. The van der Waals surface area contributed by atoms with Crippen molar-refractivity contribution in [1.29, 1.82) is 0 Å². The zero-order valence-electron chi connectivity index (χ0n) is 27.0. The molecule has 0 aliphatic carbocycles. The van der Waals surface area contributed by atoms with Crippen molar-refractivity contribution in [3.63, 3.8) is 0 Å². The Morgan fingerprint density at radius 1 is 1.04 bits per heavy atom. The highest BCUT2D eigenvalue weighted by Gasteiger charge is 2.37. The topological polar surface area (TPSA) is 181 Å². The third-order valence-corrected chi connectivity index (χ3v) is 6.75. The van der Waals surface area contributed by atoms with E-state index in [1.54, 1.807) is 48.4 Å². The van der Waals surface area contributed by atoms with E-state index in [0.29, 0.717) is 29.8 Å². The lowest BCUT2D eigenvalue weighted by Crippen LogP contribution is -2.47. The van der Waals surface area contributed by atoms with E-state index in [0.717, 1.165) is 31.6 Å². The largest absolute Gasteiger partial charge is 0.394 e. The molecule has 4 aromatic rings. The first-order chi connectivity index (χ1) is 22.7. The number of nitrogens with one attached hydrogen (secondary N) is 2. The molecule has 0 saturated carbocycles. The number of aliphatic hydroxyl groups is 3. The van der Waals surface area contributed by atoms with Gasteiger partial charge in [-0.05, 0) is 50.5 Å². The van der Waals surface area contributed by atoms with Gasteiger partial charge in [-0.25, -0.2) is 13.5 Å². The predicted octanol–water partition coefficient (Wildman–Crippen LogP) is 3.31. The number of nitrogens with zero attached hydrogens (tertiary/aromatic N) is 5. The highest BCUT2D eigenvalue weighted by Crippen LogP contribution is 2.30.